The molecule has 4 heterocycles. The summed E-state index contributed by atoms with van der Waals surface area (Å²) in [5.41, 5.74) is 2.13. The molecule has 1 fully saturated rings. The Kier molecular flexibility index (Phi) is 9.35. The SMILES string of the molecule is C[C@@H]1[C@@H]([Si](C)(C)F)[C@H](CCn2cc(CCO)nn2)O[C@@]12C(=O)N(Cc1ccc(N3N=C(c4ccccc4)CCC3=O)cc1)c1ccc([N+](=O)[O-])cc12. The zero-order valence-electron chi connectivity index (χ0n) is 29.2. The molecule has 4 aromatic rings. The van der Waals surface area contributed by atoms with Gasteiger partial charge in [0, 0.05) is 67.8 Å². The fourth-order valence-electron chi connectivity index (χ4n) is 8.03. The third-order valence-electron chi connectivity index (χ3n) is 10.4. The van der Waals surface area contributed by atoms with Crippen LogP contribution in [-0.4, -0.2) is 63.7 Å². The number of rotatable bonds is 11. The lowest BCUT2D eigenvalue weighted by Crippen LogP contribution is -2.45. The second-order valence-electron chi connectivity index (χ2n) is 14.1. The van der Waals surface area contributed by atoms with E-state index in [4.69, 9.17) is 4.74 Å². The Morgan fingerprint density at radius 3 is 2.52 bits per heavy atom. The number of nitro groups is 1. The quantitative estimate of drug-likeness (QED) is 0.0899. The molecule has 7 rings (SSSR count). The van der Waals surface area contributed by atoms with E-state index in [1.807, 2.05) is 49.4 Å². The molecule has 4 atom stereocenters. The van der Waals surface area contributed by atoms with Gasteiger partial charge < -0.3 is 18.9 Å². The van der Waals surface area contributed by atoms with Crippen molar-refractivity contribution in [2.24, 2.45) is 11.0 Å². The molecule has 0 bridgehead atoms. The fourth-order valence-corrected chi connectivity index (χ4v) is 10.6. The zero-order valence-corrected chi connectivity index (χ0v) is 30.2. The van der Waals surface area contributed by atoms with Crippen molar-refractivity contribution in [2.45, 2.75) is 76.0 Å². The minimum atomic E-state index is -3.48. The van der Waals surface area contributed by atoms with E-state index in [2.05, 4.69) is 15.4 Å². The molecule has 3 aliphatic heterocycles. The molecule has 1 saturated heterocycles. The van der Waals surface area contributed by atoms with Crippen LogP contribution in [-0.2, 0) is 39.4 Å². The lowest BCUT2D eigenvalue weighted by atomic mass is 9.82. The number of anilines is 2. The standard InChI is InChI=1S/C37H40FN7O6Si/c1-24-35(52(2,3)38)33(17-19-42-23-27(18-20-46)39-41-42)51-37(24)30-21-29(45(49)50)13-15-32(30)43(36(37)48)22-25-9-11-28(12-10-25)44-34(47)16-14-31(40-44)26-7-5-4-6-8-26/h4-13,15,21,23-24,33,35,46H,14,16-20,22H2,1-3H3/t24-,33+,35-,37+/m1/s1. The summed E-state index contributed by atoms with van der Waals surface area (Å²) in [5, 5.41) is 35.5. The number of aliphatic hydroxyl groups excluding tert-OH is 1. The number of ether oxygens (including phenoxy) is 1. The summed E-state index contributed by atoms with van der Waals surface area (Å²) >= 11 is 0. The van der Waals surface area contributed by atoms with E-state index in [-0.39, 0.29) is 24.7 Å². The molecule has 3 aromatic carbocycles. The lowest BCUT2D eigenvalue weighted by molar-refractivity contribution is -0.385. The number of hydrogen-bond acceptors (Lipinski definition) is 9. The van der Waals surface area contributed by atoms with Gasteiger partial charge in [-0.05, 0) is 48.8 Å². The van der Waals surface area contributed by atoms with E-state index in [1.54, 1.807) is 47.1 Å². The van der Waals surface area contributed by atoms with E-state index in [0.29, 0.717) is 54.9 Å². The van der Waals surface area contributed by atoms with Crippen molar-refractivity contribution >= 4 is 43.0 Å². The number of benzene rings is 3. The number of halogens is 1. The van der Waals surface area contributed by atoms with Crippen molar-refractivity contribution in [3.8, 4) is 0 Å². The number of nitrogens with zero attached hydrogens (tertiary/aromatic N) is 7. The topological polar surface area (TPSA) is 156 Å². The molecule has 0 aliphatic carbocycles. The molecule has 270 valence electrons. The molecule has 1 N–H and O–H groups in total. The predicted molar refractivity (Wildman–Crippen MR) is 194 cm³/mol. The first-order valence-electron chi connectivity index (χ1n) is 17.4. The molecule has 1 aromatic heterocycles. The average Bonchev–Trinajstić information content (AvgIpc) is 3.78. The molecule has 1 spiro atoms. The van der Waals surface area contributed by atoms with Crippen molar-refractivity contribution in [2.75, 3.05) is 16.5 Å². The van der Waals surface area contributed by atoms with Crippen LogP contribution in [0.15, 0.2) is 84.1 Å². The Morgan fingerprint density at radius 1 is 1.08 bits per heavy atom. The summed E-state index contributed by atoms with van der Waals surface area (Å²) in [6.07, 6.45) is 2.61. The van der Waals surface area contributed by atoms with Gasteiger partial charge in [-0.25, -0.2) is 5.01 Å². The van der Waals surface area contributed by atoms with Crippen LogP contribution in [0, 0.1) is 16.0 Å². The number of aryl methyl sites for hydroxylation is 1. The largest absolute Gasteiger partial charge is 0.396 e. The highest BCUT2D eigenvalue weighted by Gasteiger charge is 2.66. The van der Waals surface area contributed by atoms with E-state index in [0.717, 1.165) is 16.8 Å². The summed E-state index contributed by atoms with van der Waals surface area (Å²) in [5.74, 6) is -1.16. The van der Waals surface area contributed by atoms with Crippen molar-refractivity contribution in [3.05, 3.63) is 111 Å². The zero-order chi connectivity index (χ0) is 36.8. The van der Waals surface area contributed by atoms with Gasteiger partial charge in [-0.2, -0.15) is 5.10 Å². The predicted octanol–water partition coefficient (Wildman–Crippen LogP) is 5.66. The molecule has 2 amide bonds. The van der Waals surface area contributed by atoms with Crippen LogP contribution in [0.1, 0.15) is 48.6 Å². The maximum Gasteiger partial charge on any atom is 0.269 e. The second kappa shape index (κ2) is 13.8. The smallest absolute Gasteiger partial charge is 0.269 e. The first-order chi connectivity index (χ1) is 24.9. The highest BCUT2D eigenvalue weighted by atomic mass is 28.4. The third kappa shape index (κ3) is 6.32. The highest BCUT2D eigenvalue weighted by Crippen LogP contribution is 2.60. The molecule has 13 nitrogen and oxygen atoms in total. The molecule has 3 aliphatic rings. The van der Waals surface area contributed by atoms with Crippen molar-refractivity contribution < 1.29 is 28.5 Å². The number of nitro benzene ring substituents is 1. The summed E-state index contributed by atoms with van der Waals surface area (Å²) < 4.78 is 24.7. The number of carbonyl (C=O) groups excluding carboxylic acids is 2. The number of non-ortho nitro benzene ring substituents is 1. The van der Waals surface area contributed by atoms with Gasteiger partial charge in [0.2, 0.25) is 14.3 Å². The first-order valence-corrected chi connectivity index (χ1v) is 20.4. The minimum Gasteiger partial charge on any atom is -0.396 e. The lowest BCUT2D eigenvalue weighted by Gasteiger charge is -2.31. The summed E-state index contributed by atoms with van der Waals surface area (Å²) in [6.45, 7) is 5.41. The maximum absolute atomic E-state index is 16.3. The van der Waals surface area contributed by atoms with Gasteiger partial charge in [0.1, 0.15) is 0 Å². The van der Waals surface area contributed by atoms with Crippen LogP contribution in [0.2, 0.25) is 18.6 Å². The Balaban J connectivity index is 1.19. The minimum absolute atomic E-state index is 0.0647. The Bertz CT molecular complexity index is 2040. The summed E-state index contributed by atoms with van der Waals surface area (Å²) in [6, 6.07) is 21.2. The maximum atomic E-state index is 16.3. The first kappa shape index (κ1) is 35.3. The van der Waals surface area contributed by atoms with Crippen molar-refractivity contribution in [1.29, 1.82) is 0 Å². The molecule has 15 heteroatoms. The van der Waals surface area contributed by atoms with Gasteiger partial charge in [-0.3, -0.25) is 24.4 Å². The molecule has 52 heavy (non-hydrogen) atoms. The van der Waals surface area contributed by atoms with Gasteiger partial charge in [0.05, 0.1) is 40.4 Å². The van der Waals surface area contributed by atoms with Crippen LogP contribution < -0.4 is 9.91 Å². The van der Waals surface area contributed by atoms with Crippen LogP contribution in [0.25, 0.3) is 0 Å². The molecule has 0 unspecified atom stereocenters. The van der Waals surface area contributed by atoms with Gasteiger partial charge in [-0.1, -0.05) is 54.6 Å². The van der Waals surface area contributed by atoms with E-state index < -0.39 is 42.4 Å². The Morgan fingerprint density at radius 2 is 1.83 bits per heavy atom. The van der Waals surface area contributed by atoms with E-state index in [9.17, 15) is 24.8 Å². The summed E-state index contributed by atoms with van der Waals surface area (Å²) in [7, 11) is -3.48. The van der Waals surface area contributed by atoms with Gasteiger partial charge in [0.25, 0.3) is 11.6 Å². The monoisotopic (exact) mass is 725 g/mol. The van der Waals surface area contributed by atoms with Crippen LogP contribution in [0.3, 0.4) is 0 Å². The van der Waals surface area contributed by atoms with E-state index >= 15 is 4.11 Å². The van der Waals surface area contributed by atoms with E-state index in [1.165, 1.54) is 17.1 Å². The van der Waals surface area contributed by atoms with Gasteiger partial charge in [-0.15, -0.1) is 5.10 Å². The molecular formula is C37H40FN7O6Si. The molecule has 0 radical (unpaired) electrons. The van der Waals surface area contributed by atoms with Crippen LogP contribution in [0.5, 0.6) is 0 Å². The number of amides is 2. The second-order valence-corrected chi connectivity index (χ2v) is 17.9. The number of hydrazone groups is 1. The fraction of sp³-hybridized carbons (Fsp3) is 0.378. The van der Waals surface area contributed by atoms with Gasteiger partial charge in [0.15, 0.2) is 5.60 Å². The van der Waals surface area contributed by atoms with Crippen molar-refractivity contribution in [1.82, 2.24) is 15.0 Å². The Hall–Kier alpha value is -5.12. The molecule has 0 saturated carbocycles. The number of carbonyl (C=O) groups is 2. The van der Waals surface area contributed by atoms with Crippen LogP contribution in [0.4, 0.5) is 21.2 Å². The molecular weight excluding hydrogens is 686 g/mol. The number of fused-ring (bicyclic) bond motifs is 2. The third-order valence-corrected chi connectivity index (χ3v) is 12.9. The summed E-state index contributed by atoms with van der Waals surface area (Å²) in [4.78, 5) is 40.7. The number of aromatic nitrogens is 3. The normalized spacial score (nSPS) is 23.0. The van der Waals surface area contributed by atoms with Crippen LogP contribution >= 0.6 is 0 Å². The highest BCUT2D eigenvalue weighted by molar-refractivity contribution is 6.72. The number of aliphatic hydroxyl groups is 1. The average molecular weight is 726 g/mol. The number of hydrogen-bond donors (Lipinski definition) is 1. The Labute approximate surface area is 301 Å². The van der Waals surface area contributed by atoms with Gasteiger partial charge >= 0.3 is 0 Å². The van der Waals surface area contributed by atoms with Crippen molar-refractivity contribution in [3.63, 3.8) is 0 Å².